The number of esters is 1. The number of hydrogen-bond acceptors (Lipinski definition) is 5. The molecule has 0 aliphatic carbocycles. The van der Waals surface area contributed by atoms with E-state index in [1.165, 1.54) is 13.5 Å². The van der Waals surface area contributed by atoms with Crippen LogP contribution >= 0.6 is 0 Å². The number of ether oxygens (including phenoxy) is 1. The molecule has 5 nitrogen and oxygen atoms in total. The minimum Gasteiger partial charge on any atom is -0.464 e. The molecule has 1 saturated heterocycles. The van der Waals surface area contributed by atoms with Gasteiger partial charge in [-0.15, -0.1) is 10.2 Å². The van der Waals surface area contributed by atoms with Gasteiger partial charge in [-0.25, -0.2) is 4.79 Å². The summed E-state index contributed by atoms with van der Waals surface area (Å²) in [7, 11) is 1.34. The van der Waals surface area contributed by atoms with Crippen LogP contribution in [0, 0.1) is 11.8 Å². The minimum absolute atomic E-state index is 0.249. The maximum atomic E-state index is 11.3. The molecule has 0 saturated carbocycles. The molecule has 5 heteroatoms. The number of piperidine rings is 1. The highest BCUT2D eigenvalue weighted by atomic mass is 16.5. The Morgan fingerprint density at radius 2 is 1.94 bits per heavy atom. The zero-order chi connectivity index (χ0) is 13.1. The Bertz CT molecular complexity index is 409. The summed E-state index contributed by atoms with van der Waals surface area (Å²) in [5.41, 5.74) is 0.249. The molecule has 0 radical (unpaired) electrons. The van der Waals surface area contributed by atoms with Crippen LogP contribution in [0.15, 0.2) is 12.1 Å². The fourth-order valence-electron chi connectivity index (χ4n) is 2.56. The van der Waals surface area contributed by atoms with Gasteiger partial charge < -0.3 is 9.64 Å². The molecule has 2 heterocycles. The summed E-state index contributed by atoms with van der Waals surface area (Å²) in [6, 6.07) is 3.50. The van der Waals surface area contributed by atoms with Crippen LogP contribution < -0.4 is 4.90 Å². The molecule has 2 atom stereocenters. The van der Waals surface area contributed by atoms with Crippen LogP contribution in [0.3, 0.4) is 0 Å². The molecule has 0 spiro atoms. The van der Waals surface area contributed by atoms with E-state index in [1.54, 1.807) is 6.07 Å². The lowest BCUT2D eigenvalue weighted by molar-refractivity contribution is 0.0592. The molecule has 1 aromatic rings. The molecular formula is C13H19N3O2. The van der Waals surface area contributed by atoms with Crippen molar-refractivity contribution in [2.24, 2.45) is 11.8 Å². The second-order valence-electron chi connectivity index (χ2n) is 5.12. The average molecular weight is 249 g/mol. The van der Waals surface area contributed by atoms with Gasteiger partial charge in [-0.05, 0) is 30.4 Å². The number of nitrogens with zero attached hydrogens (tertiary/aromatic N) is 3. The topological polar surface area (TPSA) is 55.3 Å². The zero-order valence-electron chi connectivity index (χ0n) is 11.1. The molecule has 1 fully saturated rings. The van der Waals surface area contributed by atoms with Crippen molar-refractivity contribution in [2.45, 2.75) is 20.3 Å². The molecular weight excluding hydrogens is 230 g/mol. The first kappa shape index (κ1) is 12.8. The van der Waals surface area contributed by atoms with Gasteiger partial charge in [0.05, 0.1) is 7.11 Å². The molecule has 1 aliphatic heterocycles. The highest BCUT2D eigenvalue weighted by Crippen LogP contribution is 2.24. The fourth-order valence-corrected chi connectivity index (χ4v) is 2.56. The van der Waals surface area contributed by atoms with Crippen LogP contribution in [0.25, 0.3) is 0 Å². The minimum atomic E-state index is -0.450. The smallest absolute Gasteiger partial charge is 0.358 e. The van der Waals surface area contributed by atoms with Gasteiger partial charge in [0.25, 0.3) is 0 Å². The number of rotatable bonds is 2. The predicted octanol–water partition coefficient (Wildman–Crippen LogP) is 1.75. The van der Waals surface area contributed by atoms with Crippen molar-refractivity contribution < 1.29 is 9.53 Å². The van der Waals surface area contributed by atoms with Crippen molar-refractivity contribution in [3.63, 3.8) is 0 Å². The van der Waals surface area contributed by atoms with Gasteiger partial charge in [-0.1, -0.05) is 13.8 Å². The highest BCUT2D eigenvalue weighted by molar-refractivity contribution is 5.86. The Labute approximate surface area is 107 Å². The second-order valence-corrected chi connectivity index (χ2v) is 5.12. The van der Waals surface area contributed by atoms with Gasteiger partial charge in [0, 0.05) is 13.1 Å². The number of carbonyl (C=O) groups excluding carboxylic acids is 1. The number of carbonyl (C=O) groups is 1. The fraction of sp³-hybridized carbons (Fsp3) is 0.615. The molecule has 0 bridgehead atoms. The van der Waals surface area contributed by atoms with Crippen LogP contribution in [0.2, 0.25) is 0 Å². The lowest BCUT2D eigenvalue weighted by atomic mass is 9.92. The average Bonchev–Trinajstić information content (AvgIpc) is 2.37. The molecule has 2 rings (SSSR count). The quantitative estimate of drug-likeness (QED) is 0.747. The van der Waals surface area contributed by atoms with Gasteiger partial charge in [0.2, 0.25) is 0 Å². The third-order valence-corrected chi connectivity index (χ3v) is 3.24. The van der Waals surface area contributed by atoms with Crippen LogP contribution in [-0.4, -0.2) is 36.4 Å². The van der Waals surface area contributed by atoms with E-state index in [-0.39, 0.29) is 5.69 Å². The monoisotopic (exact) mass is 249 g/mol. The van der Waals surface area contributed by atoms with Crippen LogP contribution in [0.1, 0.15) is 30.8 Å². The van der Waals surface area contributed by atoms with E-state index in [9.17, 15) is 4.79 Å². The van der Waals surface area contributed by atoms with E-state index in [2.05, 4.69) is 33.7 Å². The lowest BCUT2D eigenvalue weighted by Crippen LogP contribution is -2.39. The van der Waals surface area contributed by atoms with Gasteiger partial charge >= 0.3 is 5.97 Å². The summed E-state index contributed by atoms with van der Waals surface area (Å²) >= 11 is 0. The van der Waals surface area contributed by atoms with Crippen LogP contribution in [0.5, 0.6) is 0 Å². The summed E-state index contributed by atoms with van der Waals surface area (Å²) in [6.07, 6.45) is 1.25. The van der Waals surface area contributed by atoms with Crippen molar-refractivity contribution >= 4 is 11.8 Å². The predicted molar refractivity (Wildman–Crippen MR) is 68.5 cm³/mol. The molecule has 1 aliphatic rings. The Balaban J connectivity index is 2.11. The summed E-state index contributed by atoms with van der Waals surface area (Å²) < 4.78 is 4.60. The standard InChI is InChI=1S/C13H19N3O2/c1-9-6-10(2)8-16(7-9)12-5-4-11(14-15-12)13(17)18-3/h4-5,9-10H,6-8H2,1-3H3. The summed E-state index contributed by atoms with van der Waals surface area (Å²) in [5, 5.41) is 8.02. The summed E-state index contributed by atoms with van der Waals surface area (Å²) in [4.78, 5) is 13.5. The lowest BCUT2D eigenvalue weighted by Gasteiger charge is -2.35. The molecule has 0 amide bonds. The van der Waals surface area contributed by atoms with Gasteiger partial charge in [-0.2, -0.15) is 0 Å². The maximum Gasteiger partial charge on any atom is 0.358 e. The number of hydrogen-bond donors (Lipinski definition) is 0. The van der Waals surface area contributed by atoms with Crippen LogP contribution in [0.4, 0.5) is 5.82 Å². The molecule has 0 aromatic carbocycles. The molecule has 98 valence electrons. The number of aromatic nitrogens is 2. The van der Waals surface area contributed by atoms with Crippen molar-refractivity contribution in [1.29, 1.82) is 0 Å². The molecule has 1 aromatic heterocycles. The highest BCUT2D eigenvalue weighted by Gasteiger charge is 2.23. The van der Waals surface area contributed by atoms with Crippen LogP contribution in [-0.2, 0) is 4.74 Å². The van der Waals surface area contributed by atoms with E-state index in [0.717, 1.165) is 18.9 Å². The Hall–Kier alpha value is -1.65. The van der Waals surface area contributed by atoms with Crippen molar-refractivity contribution in [3.05, 3.63) is 17.8 Å². The second kappa shape index (κ2) is 5.33. The Morgan fingerprint density at radius 3 is 2.44 bits per heavy atom. The first-order valence-electron chi connectivity index (χ1n) is 6.27. The third kappa shape index (κ3) is 2.78. The van der Waals surface area contributed by atoms with Crippen molar-refractivity contribution in [3.8, 4) is 0 Å². The number of anilines is 1. The van der Waals surface area contributed by atoms with Gasteiger partial charge in [0.15, 0.2) is 11.5 Å². The van der Waals surface area contributed by atoms with E-state index in [1.807, 2.05) is 6.07 Å². The SMILES string of the molecule is COC(=O)c1ccc(N2CC(C)CC(C)C2)nn1. The van der Waals surface area contributed by atoms with Crippen molar-refractivity contribution in [2.75, 3.05) is 25.1 Å². The zero-order valence-corrected chi connectivity index (χ0v) is 11.1. The largest absolute Gasteiger partial charge is 0.464 e. The first-order valence-corrected chi connectivity index (χ1v) is 6.27. The maximum absolute atomic E-state index is 11.3. The van der Waals surface area contributed by atoms with Crippen molar-refractivity contribution in [1.82, 2.24) is 10.2 Å². The van der Waals surface area contributed by atoms with E-state index in [4.69, 9.17) is 0 Å². The van der Waals surface area contributed by atoms with E-state index >= 15 is 0 Å². The Morgan fingerprint density at radius 1 is 1.28 bits per heavy atom. The van der Waals surface area contributed by atoms with E-state index < -0.39 is 5.97 Å². The number of methoxy groups -OCH3 is 1. The molecule has 18 heavy (non-hydrogen) atoms. The first-order chi connectivity index (χ1) is 8.60. The third-order valence-electron chi connectivity index (χ3n) is 3.24. The normalized spacial score (nSPS) is 23.8. The summed E-state index contributed by atoms with van der Waals surface area (Å²) in [5.74, 6) is 1.71. The van der Waals surface area contributed by atoms with Gasteiger partial charge in [-0.3, -0.25) is 0 Å². The molecule has 2 unspecified atom stereocenters. The summed E-state index contributed by atoms with van der Waals surface area (Å²) in [6.45, 7) is 6.49. The Kier molecular flexibility index (Phi) is 3.79. The van der Waals surface area contributed by atoms with Gasteiger partial charge in [0.1, 0.15) is 0 Å². The van der Waals surface area contributed by atoms with E-state index in [0.29, 0.717) is 11.8 Å². The molecule has 0 N–H and O–H groups in total.